The molecule has 170 valence electrons. The average Bonchev–Trinajstić information content (AvgIpc) is 2.92. The first-order valence-electron chi connectivity index (χ1n) is 11.5. The van der Waals surface area contributed by atoms with Crippen molar-refractivity contribution >= 4 is 49.1 Å². The van der Waals surface area contributed by atoms with Crippen LogP contribution in [0.3, 0.4) is 0 Å². The second-order valence-electron chi connectivity index (χ2n) is 5.54. The summed E-state index contributed by atoms with van der Waals surface area (Å²) in [6, 6.07) is 23.7. The van der Waals surface area contributed by atoms with Crippen molar-refractivity contribution in [2.75, 3.05) is 0 Å². The standard InChI is InChI=1S/C20H12O2P2.4C2H6/c21-23-17-11-9-13-5-1-3-7-15(13)19(17)20-16-8-4-2-6-14(16)10-12-18(20)24-22;4*1-2/h1-12H;4*1-2H3. The van der Waals surface area contributed by atoms with E-state index in [1.54, 1.807) is 0 Å². The van der Waals surface area contributed by atoms with Crippen LogP contribution in [0.5, 0.6) is 0 Å². The summed E-state index contributed by atoms with van der Waals surface area (Å²) in [4.78, 5) is 0. The molecule has 0 aromatic heterocycles. The van der Waals surface area contributed by atoms with Gasteiger partial charge in [0.05, 0.1) is 10.6 Å². The average molecular weight is 467 g/mol. The van der Waals surface area contributed by atoms with Gasteiger partial charge in [0.15, 0.2) is 16.9 Å². The van der Waals surface area contributed by atoms with Gasteiger partial charge in [-0.1, -0.05) is 116 Å². The Morgan fingerprint density at radius 2 is 0.750 bits per heavy atom. The van der Waals surface area contributed by atoms with Crippen LogP contribution >= 0.6 is 16.9 Å². The lowest BCUT2D eigenvalue weighted by atomic mass is 9.94. The molecule has 0 amide bonds. The fourth-order valence-electron chi connectivity index (χ4n) is 3.20. The van der Waals surface area contributed by atoms with Gasteiger partial charge in [-0.15, -0.1) is 0 Å². The summed E-state index contributed by atoms with van der Waals surface area (Å²) in [7, 11) is -0.0908. The first-order valence-corrected chi connectivity index (χ1v) is 13.2. The number of hydrogen-bond acceptors (Lipinski definition) is 2. The zero-order valence-electron chi connectivity index (χ0n) is 20.6. The molecule has 0 saturated heterocycles. The predicted octanol–water partition coefficient (Wildman–Crippen LogP) is 9.60. The van der Waals surface area contributed by atoms with E-state index in [-0.39, 0.29) is 16.9 Å². The Bertz CT molecular complexity index is 1020. The lowest BCUT2D eigenvalue weighted by molar-refractivity contribution is 0.602. The lowest BCUT2D eigenvalue weighted by Gasteiger charge is -2.14. The molecule has 4 aromatic carbocycles. The van der Waals surface area contributed by atoms with Crippen LogP contribution < -0.4 is 10.6 Å². The van der Waals surface area contributed by atoms with Crippen molar-refractivity contribution in [1.82, 2.24) is 0 Å². The van der Waals surface area contributed by atoms with Gasteiger partial charge in [0.25, 0.3) is 0 Å². The van der Waals surface area contributed by atoms with Gasteiger partial charge < -0.3 is 0 Å². The van der Waals surface area contributed by atoms with E-state index in [1.807, 2.05) is 128 Å². The zero-order valence-corrected chi connectivity index (χ0v) is 22.4. The molecule has 4 aromatic rings. The SMILES string of the molecule is CC.CC.CC.CC.O=Pc1ccc2ccccc2c1-c1c(P=O)ccc2ccccc12. The highest BCUT2D eigenvalue weighted by Gasteiger charge is 2.17. The quantitative estimate of drug-likeness (QED) is 0.282. The second kappa shape index (κ2) is 17.2. The van der Waals surface area contributed by atoms with Crippen LogP contribution in [0, 0.1) is 0 Å². The highest BCUT2D eigenvalue weighted by Crippen LogP contribution is 2.34. The molecule has 0 bridgehead atoms. The summed E-state index contributed by atoms with van der Waals surface area (Å²) in [6.45, 7) is 16.0. The van der Waals surface area contributed by atoms with E-state index in [1.165, 1.54) is 0 Å². The van der Waals surface area contributed by atoms with Gasteiger partial charge >= 0.3 is 0 Å². The van der Waals surface area contributed by atoms with Gasteiger partial charge in [-0.05, 0) is 33.7 Å². The van der Waals surface area contributed by atoms with E-state index in [0.717, 1.165) is 32.7 Å². The molecule has 0 saturated carbocycles. The van der Waals surface area contributed by atoms with E-state index in [4.69, 9.17) is 0 Å². The topological polar surface area (TPSA) is 34.1 Å². The molecule has 2 nitrogen and oxygen atoms in total. The van der Waals surface area contributed by atoms with Gasteiger partial charge in [0, 0.05) is 11.1 Å². The van der Waals surface area contributed by atoms with E-state index in [2.05, 4.69) is 0 Å². The van der Waals surface area contributed by atoms with Gasteiger partial charge in [0.1, 0.15) is 0 Å². The molecule has 0 aliphatic heterocycles. The Kier molecular flexibility index (Phi) is 15.9. The van der Waals surface area contributed by atoms with Gasteiger partial charge in [0.2, 0.25) is 0 Å². The third kappa shape index (κ3) is 6.80. The van der Waals surface area contributed by atoms with E-state index >= 15 is 0 Å². The van der Waals surface area contributed by atoms with Crippen molar-refractivity contribution < 1.29 is 9.13 Å². The summed E-state index contributed by atoms with van der Waals surface area (Å²) in [5, 5.41) is 5.58. The van der Waals surface area contributed by atoms with Gasteiger partial charge in [-0.25, -0.2) is 0 Å². The van der Waals surface area contributed by atoms with Crippen LogP contribution in [0.25, 0.3) is 32.7 Å². The third-order valence-electron chi connectivity index (χ3n) is 4.26. The molecule has 0 N–H and O–H groups in total. The largest absolute Gasteiger partial charge is 0.269 e. The Morgan fingerprint density at radius 1 is 0.438 bits per heavy atom. The Labute approximate surface area is 197 Å². The molecule has 0 aliphatic carbocycles. The normalized spacial score (nSPS) is 9.38. The molecule has 0 spiro atoms. The Morgan fingerprint density at radius 3 is 1.06 bits per heavy atom. The van der Waals surface area contributed by atoms with E-state index < -0.39 is 0 Å². The van der Waals surface area contributed by atoms with E-state index in [0.29, 0.717) is 10.6 Å². The molecule has 0 fully saturated rings. The maximum atomic E-state index is 11.8. The predicted molar refractivity (Wildman–Crippen MR) is 147 cm³/mol. The minimum absolute atomic E-state index is 0.0454. The minimum Gasteiger partial charge on any atom is -0.269 e. The van der Waals surface area contributed by atoms with Crippen molar-refractivity contribution in [3.8, 4) is 11.1 Å². The molecule has 4 rings (SSSR count). The maximum absolute atomic E-state index is 11.8. The minimum atomic E-state index is -0.0454. The first-order chi connectivity index (χ1) is 15.8. The lowest BCUT2D eigenvalue weighted by Crippen LogP contribution is -2.06. The maximum Gasteiger partial charge on any atom is 0.192 e. The molecule has 0 atom stereocenters. The highest BCUT2D eigenvalue weighted by molar-refractivity contribution is 7.35. The fraction of sp³-hybridized carbons (Fsp3) is 0.286. The molecule has 0 radical (unpaired) electrons. The molecule has 4 heteroatoms. The number of fused-ring (bicyclic) bond motifs is 2. The summed E-state index contributed by atoms with van der Waals surface area (Å²) in [5.41, 5.74) is 1.78. The molecule has 0 heterocycles. The second-order valence-corrected chi connectivity index (χ2v) is 6.87. The Balaban J connectivity index is 0.00000109. The van der Waals surface area contributed by atoms with Crippen LogP contribution in [-0.2, 0) is 9.13 Å². The molecule has 32 heavy (non-hydrogen) atoms. The van der Waals surface area contributed by atoms with Crippen LogP contribution in [0.15, 0.2) is 72.8 Å². The highest BCUT2D eigenvalue weighted by atomic mass is 31.1. The number of hydrogen-bond donors (Lipinski definition) is 0. The molecular weight excluding hydrogens is 430 g/mol. The van der Waals surface area contributed by atoms with Crippen LogP contribution in [0.1, 0.15) is 55.4 Å². The summed E-state index contributed by atoms with van der Waals surface area (Å²) in [6.07, 6.45) is 0. The summed E-state index contributed by atoms with van der Waals surface area (Å²) >= 11 is 0. The van der Waals surface area contributed by atoms with Crippen molar-refractivity contribution in [3.63, 3.8) is 0 Å². The van der Waals surface area contributed by atoms with E-state index in [9.17, 15) is 9.13 Å². The van der Waals surface area contributed by atoms with Crippen LogP contribution in [0.2, 0.25) is 0 Å². The molecular formula is C28H36O2P2. The molecule has 0 aliphatic rings. The van der Waals surface area contributed by atoms with Crippen LogP contribution in [0.4, 0.5) is 0 Å². The monoisotopic (exact) mass is 466 g/mol. The van der Waals surface area contributed by atoms with Crippen molar-refractivity contribution in [1.29, 1.82) is 0 Å². The van der Waals surface area contributed by atoms with Crippen molar-refractivity contribution in [2.45, 2.75) is 55.4 Å². The van der Waals surface area contributed by atoms with Crippen molar-refractivity contribution in [2.24, 2.45) is 0 Å². The van der Waals surface area contributed by atoms with Gasteiger partial charge in [-0.2, -0.15) is 0 Å². The van der Waals surface area contributed by atoms with Crippen LogP contribution in [-0.4, -0.2) is 0 Å². The smallest absolute Gasteiger partial charge is 0.192 e. The van der Waals surface area contributed by atoms with Gasteiger partial charge in [-0.3, -0.25) is 9.13 Å². The number of rotatable bonds is 3. The summed E-state index contributed by atoms with van der Waals surface area (Å²) in [5.74, 6) is 0. The fourth-order valence-corrected chi connectivity index (χ4v) is 4.12. The zero-order chi connectivity index (χ0) is 24.5. The third-order valence-corrected chi connectivity index (χ3v) is 5.40. The number of benzene rings is 4. The van der Waals surface area contributed by atoms with Crippen molar-refractivity contribution in [3.05, 3.63) is 72.8 Å². The Hall–Kier alpha value is -2.40. The first kappa shape index (κ1) is 29.6. The molecule has 0 unspecified atom stereocenters. The summed E-state index contributed by atoms with van der Waals surface area (Å²) < 4.78 is 23.6.